The van der Waals surface area contributed by atoms with Gasteiger partial charge >= 0.3 is 0 Å². The molecular weight excluding hydrogens is 326 g/mol. The molecule has 2 aromatic heterocycles. The summed E-state index contributed by atoms with van der Waals surface area (Å²) in [6.07, 6.45) is 2.16. The van der Waals surface area contributed by atoms with Crippen molar-refractivity contribution in [3.8, 4) is 11.3 Å². The first-order valence-electron chi connectivity index (χ1n) is 7.81. The number of benzene rings is 1. The molecule has 1 N–H and O–H groups in total. The number of hydrogen-bond acceptors (Lipinski definition) is 6. The van der Waals surface area contributed by atoms with E-state index in [1.165, 1.54) is 6.33 Å². The Labute approximate surface area is 139 Å². The van der Waals surface area contributed by atoms with E-state index in [1.807, 2.05) is 36.4 Å². The van der Waals surface area contributed by atoms with Crippen LogP contribution in [0.15, 0.2) is 42.7 Å². The number of hydrogen-bond donors (Lipinski definition) is 1. The quantitative estimate of drug-likeness (QED) is 0.774. The number of nitrogens with one attached hydrogen (secondary N) is 1. The Morgan fingerprint density at radius 2 is 2.08 bits per heavy atom. The lowest BCUT2D eigenvalue weighted by atomic mass is 10.1. The maximum absolute atomic E-state index is 11.6. The Balaban J connectivity index is 1.63. The average molecular weight is 343 g/mol. The molecule has 8 heteroatoms. The second-order valence-electron chi connectivity index (χ2n) is 6.01. The lowest BCUT2D eigenvalue weighted by molar-refractivity contribution is 0.595. The molecule has 0 amide bonds. The summed E-state index contributed by atoms with van der Waals surface area (Å²) in [5, 5.41) is 7.51. The van der Waals surface area contributed by atoms with Crippen molar-refractivity contribution < 1.29 is 8.42 Å². The Kier molecular flexibility index (Phi) is 3.68. The van der Waals surface area contributed by atoms with Crippen LogP contribution in [-0.2, 0) is 9.84 Å². The van der Waals surface area contributed by atoms with Crippen LogP contribution in [0.1, 0.15) is 6.42 Å². The summed E-state index contributed by atoms with van der Waals surface area (Å²) >= 11 is 0. The van der Waals surface area contributed by atoms with Gasteiger partial charge in [0.05, 0.1) is 17.2 Å². The highest BCUT2D eigenvalue weighted by atomic mass is 32.2. The molecule has 124 valence electrons. The molecule has 1 aromatic carbocycles. The van der Waals surface area contributed by atoms with Gasteiger partial charge in [-0.1, -0.05) is 30.3 Å². The van der Waals surface area contributed by atoms with Crippen LogP contribution in [0, 0.1) is 5.92 Å². The van der Waals surface area contributed by atoms with E-state index in [-0.39, 0.29) is 17.4 Å². The van der Waals surface area contributed by atoms with Crippen LogP contribution in [0.25, 0.3) is 17.0 Å². The van der Waals surface area contributed by atoms with Crippen LogP contribution in [0.4, 0.5) is 5.82 Å². The van der Waals surface area contributed by atoms with E-state index < -0.39 is 9.84 Å². The van der Waals surface area contributed by atoms with Crippen LogP contribution in [0.3, 0.4) is 0 Å². The molecule has 4 rings (SSSR count). The lowest BCUT2D eigenvalue weighted by Crippen LogP contribution is -2.17. The van der Waals surface area contributed by atoms with Gasteiger partial charge in [0.2, 0.25) is 0 Å². The maximum Gasteiger partial charge on any atom is 0.254 e. The third-order valence-corrected chi connectivity index (χ3v) is 6.06. The van der Waals surface area contributed by atoms with Crippen LogP contribution >= 0.6 is 0 Å². The van der Waals surface area contributed by atoms with Crippen molar-refractivity contribution in [3.63, 3.8) is 0 Å². The van der Waals surface area contributed by atoms with Crippen molar-refractivity contribution >= 4 is 21.4 Å². The van der Waals surface area contributed by atoms with Crippen molar-refractivity contribution in [2.45, 2.75) is 6.42 Å². The molecular formula is C16H17N5O2S. The third-order valence-electron chi connectivity index (χ3n) is 4.22. The van der Waals surface area contributed by atoms with Gasteiger partial charge in [-0.25, -0.2) is 13.4 Å². The SMILES string of the molecule is O=S1(=O)CCC(CNc2cc(-c3ccccc3)nc3ncnn23)C1. The molecule has 1 saturated heterocycles. The second-order valence-corrected chi connectivity index (χ2v) is 8.24. The van der Waals surface area contributed by atoms with Gasteiger partial charge in [-0.15, -0.1) is 0 Å². The molecule has 0 spiro atoms. The molecule has 3 heterocycles. The van der Waals surface area contributed by atoms with Gasteiger partial charge in [0.1, 0.15) is 12.1 Å². The minimum atomic E-state index is -2.87. The van der Waals surface area contributed by atoms with E-state index in [0.717, 1.165) is 17.1 Å². The molecule has 1 unspecified atom stereocenters. The minimum Gasteiger partial charge on any atom is -0.370 e. The monoisotopic (exact) mass is 343 g/mol. The summed E-state index contributed by atoms with van der Waals surface area (Å²) < 4.78 is 24.8. The van der Waals surface area contributed by atoms with Gasteiger partial charge in [0.25, 0.3) is 5.78 Å². The second kappa shape index (κ2) is 5.86. The summed E-state index contributed by atoms with van der Waals surface area (Å²) in [7, 11) is -2.87. The van der Waals surface area contributed by atoms with E-state index in [0.29, 0.717) is 18.7 Å². The normalized spacial score (nSPS) is 19.6. The first-order valence-corrected chi connectivity index (χ1v) is 9.63. The molecule has 0 saturated carbocycles. The summed E-state index contributed by atoms with van der Waals surface area (Å²) in [5.41, 5.74) is 1.80. The zero-order valence-electron chi connectivity index (χ0n) is 13.0. The molecule has 24 heavy (non-hydrogen) atoms. The van der Waals surface area contributed by atoms with Gasteiger partial charge in [-0.05, 0) is 12.3 Å². The highest BCUT2D eigenvalue weighted by Crippen LogP contribution is 2.23. The van der Waals surface area contributed by atoms with E-state index in [1.54, 1.807) is 4.52 Å². The fourth-order valence-electron chi connectivity index (χ4n) is 2.98. The number of aromatic nitrogens is 4. The minimum absolute atomic E-state index is 0.127. The molecule has 0 bridgehead atoms. The topological polar surface area (TPSA) is 89.2 Å². The van der Waals surface area contributed by atoms with Crippen LogP contribution in [0.2, 0.25) is 0 Å². The van der Waals surface area contributed by atoms with E-state index in [4.69, 9.17) is 0 Å². The highest BCUT2D eigenvalue weighted by molar-refractivity contribution is 7.91. The van der Waals surface area contributed by atoms with Crippen LogP contribution in [-0.4, -0.2) is 46.1 Å². The van der Waals surface area contributed by atoms with Gasteiger partial charge in [-0.2, -0.15) is 14.6 Å². The Bertz CT molecular complexity index is 969. The largest absolute Gasteiger partial charge is 0.370 e. The predicted octanol–water partition coefficient (Wildman–Crippen LogP) is 1.64. The van der Waals surface area contributed by atoms with E-state index >= 15 is 0 Å². The Hall–Kier alpha value is -2.48. The standard InChI is InChI=1S/C16H17N5O2S/c22-24(23)7-6-12(10-24)9-17-15-8-14(13-4-2-1-3-5-13)20-16-18-11-19-21(15)16/h1-5,8,11-12,17H,6-7,9-10H2. The summed E-state index contributed by atoms with van der Waals surface area (Å²) in [6, 6.07) is 11.8. The Morgan fingerprint density at radius 3 is 2.83 bits per heavy atom. The van der Waals surface area contributed by atoms with Crippen LogP contribution in [0.5, 0.6) is 0 Å². The Morgan fingerprint density at radius 1 is 1.25 bits per heavy atom. The van der Waals surface area contributed by atoms with Gasteiger partial charge in [0.15, 0.2) is 9.84 Å². The van der Waals surface area contributed by atoms with Gasteiger partial charge in [0, 0.05) is 18.2 Å². The molecule has 3 aromatic rings. The molecule has 1 fully saturated rings. The predicted molar refractivity (Wildman–Crippen MR) is 91.5 cm³/mol. The van der Waals surface area contributed by atoms with Crippen molar-refractivity contribution in [3.05, 3.63) is 42.7 Å². The van der Waals surface area contributed by atoms with Crippen molar-refractivity contribution in [2.24, 2.45) is 5.92 Å². The zero-order chi connectivity index (χ0) is 16.6. The summed E-state index contributed by atoms with van der Waals surface area (Å²) in [5.74, 6) is 1.93. The molecule has 0 aliphatic carbocycles. The zero-order valence-corrected chi connectivity index (χ0v) is 13.8. The number of fused-ring (bicyclic) bond motifs is 1. The van der Waals surface area contributed by atoms with Crippen molar-refractivity contribution in [1.82, 2.24) is 19.6 Å². The molecule has 1 aliphatic heterocycles. The first-order chi connectivity index (χ1) is 11.6. The number of sulfone groups is 1. The van der Waals surface area contributed by atoms with Crippen LogP contribution < -0.4 is 5.32 Å². The highest BCUT2D eigenvalue weighted by Gasteiger charge is 2.27. The summed E-state index contributed by atoms with van der Waals surface area (Å²) in [6.45, 7) is 0.590. The average Bonchev–Trinajstić information content (AvgIpc) is 3.19. The van der Waals surface area contributed by atoms with Gasteiger partial charge in [-0.3, -0.25) is 0 Å². The van der Waals surface area contributed by atoms with E-state index in [2.05, 4.69) is 20.4 Å². The molecule has 1 atom stereocenters. The van der Waals surface area contributed by atoms with Gasteiger partial charge < -0.3 is 5.32 Å². The lowest BCUT2D eigenvalue weighted by Gasteiger charge is -2.13. The smallest absolute Gasteiger partial charge is 0.254 e. The third kappa shape index (κ3) is 2.96. The van der Waals surface area contributed by atoms with Crippen molar-refractivity contribution in [2.75, 3.05) is 23.4 Å². The first kappa shape index (κ1) is 15.1. The number of nitrogens with zero attached hydrogens (tertiary/aromatic N) is 4. The maximum atomic E-state index is 11.6. The fraction of sp³-hybridized carbons (Fsp3) is 0.312. The van der Waals surface area contributed by atoms with E-state index in [9.17, 15) is 8.42 Å². The number of anilines is 1. The fourth-order valence-corrected chi connectivity index (χ4v) is 4.84. The molecule has 7 nitrogen and oxygen atoms in total. The molecule has 1 aliphatic rings. The number of rotatable bonds is 4. The van der Waals surface area contributed by atoms with Crippen molar-refractivity contribution in [1.29, 1.82) is 0 Å². The summed E-state index contributed by atoms with van der Waals surface area (Å²) in [4.78, 5) is 8.70. The molecule has 0 radical (unpaired) electrons.